The van der Waals surface area contributed by atoms with E-state index in [4.69, 9.17) is 4.74 Å². The van der Waals surface area contributed by atoms with E-state index in [9.17, 15) is 14.0 Å². The maximum Gasteiger partial charge on any atom is 0.356 e. The van der Waals surface area contributed by atoms with Crippen molar-refractivity contribution in [2.24, 2.45) is 0 Å². The Bertz CT molecular complexity index is 787. The summed E-state index contributed by atoms with van der Waals surface area (Å²) < 4.78 is 18.0. The minimum Gasteiger partial charge on any atom is -0.461 e. The van der Waals surface area contributed by atoms with Crippen LogP contribution in [0.4, 0.5) is 10.1 Å². The molecule has 1 saturated heterocycles. The van der Waals surface area contributed by atoms with E-state index in [1.807, 2.05) is 0 Å². The molecule has 0 radical (unpaired) electrons. The molecule has 0 spiro atoms. The Morgan fingerprint density at radius 2 is 1.69 bits per heavy atom. The average molecular weight is 357 g/mol. The van der Waals surface area contributed by atoms with Gasteiger partial charge in [-0.05, 0) is 43.3 Å². The Morgan fingerprint density at radius 3 is 2.35 bits per heavy atom. The zero-order chi connectivity index (χ0) is 18.5. The van der Waals surface area contributed by atoms with Crippen molar-refractivity contribution in [3.63, 3.8) is 0 Å². The van der Waals surface area contributed by atoms with Gasteiger partial charge >= 0.3 is 5.97 Å². The van der Waals surface area contributed by atoms with Crippen LogP contribution in [0, 0.1) is 5.82 Å². The standard InChI is InChI=1S/C19H20FN3O3/c1-2-26-19(25)17-5-3-4-16(21-17)18(24)23-12-10-22(11-13-23)15-8-6-14(20)7-9-15/h3-9H,2,10-13H2,1H3. The largest absolute Gasteiger partial charge is 0.461 e. The minimum absolute atomic E-state index is 0.127. The summed E-state index contributed by atoms with van der Waals surface area (Å²) >= 11 is 0. The third kappa shape index (κ3) is 3.99. The fraction of sp³-hybridized carbons (Fsp3) is 0.316. The highest BCUT2D eigenvalue weighted by Crippen LogP contribution is 2.17. The van der Waals surface area contributed by atoms with Crippen molar-refractivity contribution in [3.8, 4) is 0 Å². The average Bonchev–Trinajstić information content (AvgIpc) is 2.68. The van der Waals surface area contributed by atoms with Gasteiger partial charge in [0, 0.05) is 31.9 Å². The van der Waals surface area contributed by atoms with Gasteiger partial charge in [0.05, 0.1) is 6.61 Å². The van der Waals surface area contributed by atoms with Crippen molar-refractivity contribution >= 4 is 17.6 Å². The number of rotatable bonds is 4. The van der Waals surface area contributed by atoms with Crippen LogP contribution in [0.5, 0.6) is 0 Å². The lowest BCUT2D eigenvalue weighted by molar-refractivity contribution is 0.0519. The van der Waals surface area contributed by atoms with E-state index in [1.54, 1.807) is 36.1 Å². The number of benzene rings is 1. The van der Waals surface area contributed by atoms with Gasteiger partial charge in [-0.1, -0.05) is 6.07 Å². The summed E-state index contributed by atoms with van der Waals surface area (Å²) in [6, 6.07) is 11.1. The van der Waals surface area contributed by atoms with Gasteiger partial charge in [0.2, 0.25) is 0 Å². The van der Waals surface area contributed by atoms with Gasteiger partial charge in [-0.2, -0.15) is 0 Å². The lowest BCUT2D eigenvalue weighted by Crippen LogP contribution is -2.49. The summed E-state index contributed by atoms with van der Waals surface area (Å²) in [5, 5.41) is 0. The van der Waals surface area contributed by atoms with Crippen LogP contribution in [0.15, 0.2) is 42.5 Å². The third-order valence-corrected chi connectivity index (χ3v) is 4.21. The van der Waals surface area contributed by atoms with E-state index in [-0.39, 0.29) is 29.7 Å². The first-order valence-electron chi connectivity index (χ1n) is 8.52. The van der Waals surface area contributed by atoms with Crippen LogP contribution in [0.3, 0.4) is 0 Å². The highest BCUT2D eigenvalue weighted by atomic mass is 19.1. The van der Waals surface area contributed by atoms with Crippen LogP contribution in [-0.2, 0) is 4.74 Å². The van der Waals surface area contributed by atoms with Crippen LogP contribution in [-0.4, -0.2) is 54.5 Å². The molecule has 1 aromatic heterocycles. The molecule has 26 heavy (non-hydrogen) atoms. The number of nitrogens with zero attached hydrogens (tertiary/aromatic N) is 3. The Morgan fingerprint density at radius 1 is 1.04 bits per heavy atom. The number of anilines is 1. The number of amides is 1. The number of piperazine rings is 1. The molecule has 1 fully saturated rings. The molecule has 1 amide bonds. The Labute approximate surface area is 151 Å². The monoisotopic (exact) mass is 357 g/mol. The van der Waals surface area contributed by atoms with Crippen molar-refractivity contribution in [2.75, 3.05) is 37.7 Å². The number of esters is 1. The van der Waals surface area contributed by atoms with Crippen LogP contribution < -0.4 is 4.90 Å². The number of hydrogen-bond acceptors (Lipinski definition) is 5. The molecule has 1 aromatic carbocycles. The predicted octanol–water partition coefficient (Wildman–Crippen LogP) is 2.36. The van der Waals surface area contributed by atoms with Crippen molar-refractivity contribution in [2.45, 2.75) is 6.92 Å². The highest BCUT2D eigenvalue weighted by Gasteiger charge is 2.24. The van der Waals surface area contributed by atoms with Crippen molar-refractivity contribution in [1.82, 2.24) is 9.88 Å². The normalized spacial score (nSPS) is 14.2. The Hall–Kier alpha value is -2.96. The van der Waals surface area contributed by atoms with Crippen LogP contribution in [0.1, 0.15) is 27.9 Å². The second-order valence-corrected chi connectivity index (χ2v) is 5.88. The lowest BCUT2D eigenvalue weighted by Gasteiger charge is -2.36. The van der Waals surface area contributed by atoms with E-state index in [0.29, 0.717) is 26.2 Å². The summed E-state index contributed by atoms with van der Waals surface area (Å²) in [7, 11) is 0. The number of pyridine rings is 1. The van der Waals surface area contributed by atoms with Crippen LogP contribution >= 0.6 is 0 Å². The summed E-state index contributed by atoms with van der Waals surface area (Å²) in [5.41, 5.74) is 1.29. The van der Waals surface area contributed by atoms with Gasteiger partial charge in [0.15, 0.2) is 0 Å². The van der Waals surface area contributed by atoms with E-state index >= 15 is 0 Å². The minimum atomic E-state index is -0.539. The summed E-state index contributed by atoms with van der Waals surface area (Å²) in [6.07, 6.45) is 0. The maximum atomic E-state index is 13.0. The molecule has 0 atom stereocenters. The van der Waals surface area contributed by atoms with E-state index < -0.39 is 5.97 Å². The second kappa shape index (κ2) is 7.95. The first kappa shape index (κ1) is 17.8. The molecule has 1 aliphatic heterocycles. The molecule has 0 N–H and O–H groups in total. The Kier molecular flexibility index (Phi) is 5.46. The summed E-state index contributed by atoms with van der Waals surface area (Å²) in [6.45, 7) is 4.32. The first-order chi connectivity index (χ1) is 12.6. The SMILES string of the molecule is CCOC(=O)c1cccc(C(=O)N2CCN(c3ccc(F)cc3)CC2)n1. The van der Waals surface area contributed by atoms with Gasteiger partial charge in [-0.15, -0.1) is 0 Å². The van der Waals surface area contributed by atoms with Gasteiger partial charge in [-0.3, -0.25) is 4.79 Å². The second-order valence-electron chi connectivity index (χ2n) is 5.88. The number of carbonyl (C=O) groups is 2. The van der Waals surface area contributed by atoms with Gasteiger partial charge in [0.1, 0.15) is 17.2 Å². The molecular weight excluding hydrogens is 337 g/mol. The van der Waals surface area contributed by atoms with E-state index in [1.165, 1.54) is 18.2 Å². The smallest absolute Gasteiger partial charge is 0.356 e. The van der Waals surface area contributed by atoms with Gasteiger partial charge < -0.3 is 14.5 Å². The molecule has 0 bridgehead atoms. The molecule has 1 aliphatic rings. The molecular formula is C19H20FN3O3. The number of aromatic nitrogens is 1. The molecule has 7 heteroatoms. The molecule has 0 unspecified atom stereocenters. The molecule has 0 saturated carbocycles. The number of ether oxygens (including phenoxy) is 1. The predicted molar refractivity (Wildman–Crippen MR) is 94.7 cm³/mol. The number of carbonyl (C=O) groups excluding carboxylic acids is 2. The number of halogens is 1. The van der Waals surface area contributed by atoms with Crippen molar-refractivity contribution in [1.29, 1.82) is 0 Å². The molecule has 136 valence electrons. The molecule has 2 aromatic rings. The first-order valence-corrected chi connectivity index (χ1v) is 8.52. The van der Waals surface area contributed by atoms with Crippen LogP contribution in [0.25, 0.3) is 0 Å². The lowest BCUT2D eigenvalue weighted by atomic mass is 10.2. The zero-order valence-electron chi connectivity index (χ0n) is 14.5. The summed E-state index contributed by atoms with van der Waals surface area (Å²) in [5.74, 6) is -1.02. The zero-order valence-corrected chi connectivity index (χ0v) is 14.5. The highest BCUT2D eigenvalue weighted by molar-refractivity contribution is 5.94. The summed E-state index contributed by atoms with van der Waals surface area (Å²) in [4.78, 5) is 32.4. The van der Waals surface area contributed by atoms with E-state index in [0.717, 1.165) is 5.69 Å². The fourth-order valence-electron chi connectivity index (χ4n) is 2.85. The third-order valence-electron chi connectivity index (χ3n) is 4.21. The molecule has 0 aliphatic carbocycles. The van der Waals surface area contributed by atoms with Crippen molar-refractivity contribution < 1.29 is 18.7 Å². The van der Waals surface area contributed by atoms with Crippen molar-refractivity contribution in [3.05, 3.63) is 59.7 Å². The Balaban J connectivity index is 1.64. The number of hydrogen-bond donors (Lipinski definition) is 0. The molecule has 2 heterocycles. The van der Waals surface area contributed by atoms with Gasteiger partial charge in [-0.25, -0.2) is 14.2 Å². The maximum absolute atomic E-state index is 13.0. The quantitative estimate of drug-likeness (QED) is 0.786. The molecule has 3 rings (SSSR count). The van der Waals surface area contributed by atoms with Gasteiger partial charge in [0.25, 0.3) is 5.91 Å². The topological polar surface area (TPSA) is 62.7 Å². The van der Waals surface area contributed by atoms with Crippen LogP contribution in [0.2, 0.25) is 0 Å². The fourth-order valence-corrected chi connectivity index (χ4v) is 2.85. The molecule has 6 nitrogen and oxygen atoms in total. The van der Waals surface area contributed by atoms with E-state index in [2.05, 4.69) is 9.88 Å².